The van der Waals surface area contributed by atoms with Gasteiger partial charge in [-0.3, -0.25) is 4.90 Å². The van der Waals surface area contributed by atoms with Crippen LogP contribution in [0.1, 0.15) is 23.1 Å². The maximum atomic E-state index is 5.90. The number of benzene rings is 1. The van der Waals surface area contributed by atoms with Crippen molar-refractivity contribution in [1.29, 1.82) is 0 Å². The van der Waals surface area contributed by atoms with Gasteiger partial charge >= 0.3 is 0 Å². The molecule has 1 atom stereocenters. The molecule has 2 nitrogen and oxygen atoms in total. The number of nitrogens with two attached hydrogens (primary N) is 1. The molecule has 0 radical (unpaired) electrons. The lowest BCUT2D eigenvalue weighted by Gasteiger charge is -2.15. The molecule has 0 bridgehead atoms. The highest BCUT2D eigenvalue weighted by molar-refractivity contribution is 5.85. The number of nitrogens with zero attached hydrogens (tertiary/aromatic N) is 1. The molecular formula is C13H21ClN2. The van der Waals surface area contributed by atoms with Crippen molar-refractivity contribution in [1.82, 2.24) is 4.90 Å². The summed E-state index contributed by atoms with van der Waals surface area (Å²) in [7, 11) is 0. The standard InChI is InChI=1S/C13H20N2.ClH/c1-10-5-11(2)7-12(6-10)8-15-4-3-13(14)9-15;/h5-7,13H,3-4,8-9,14H2,1-2H3;1H/t13-;/m0./s1. The first kappa shape index (κ1) is 13.5. The van der Waals surface area contributed by atoms with Crippen molar-refractivity contribution in [3.8, 4) is 0 Å². The Morgan fingerprint density at radius 3 is 2.38 bits per heavy atom. The van der Waals surface area contributed by atoms with Crippen molar-refractivity contribution in [2.24, 2.45) is 5.73 Å². The normalized spacial score (nSPS) is 20.8. The summed E-state index contributed by atoms with van der Waals surface area (Å²) in [6, 6.07) is 7.16. The molecule has 0 spiro atoms. The van der Waals surface area contributed by atoms with Gasteiger partial charge in [0.2, 0.25) is 0 Å². The smallest absolute Gasteiger partial charge is 0.0234 e. The fourth-order valence-electron chi connectivity index (χ4n) is 2.42. The summed E-state index contributed by atoms with van der Waals surface area (Å²) in [5.41, 5.74) is 10.0. The molecule has 16 heavy (non-hydrogen) atoms. The van der Waals surface area contributed by atoms with E-state index in [-0.39, 0.29) is 12.4 Å². The van der Waals surface area contributed by atoms with Gasteiger partial charge in [-0.25, -0.2) is 0 Å². The van der Waals surface area contributed by atoms with Crippen molar-refractivity contribution in [3.05, 3.63) is 34.9 Å². The van der Waals surface area contributed by atoms with Crippen molar-refractivity contribution in [2.75, 3.05) is 13.1 Å². The second kappa shape index (κ2) is 5.67. The molecule has 2 rings (SSSR count). The van der Waals surface area contributed by atoms with E-state index < -0.39 is 0 Å². The molecule has 1 aromatic rings. The van der Waals surface area contributed by atoms with E-state index in [0.717, 1.165) is 26.1 Å². The average Bonchev–Trinajstić information content (AvgIpc) is 2.49. The summed E-state index contributed by atoms with van der Waals surface area (Å²) in [5.74, 6) is 0. The maximum absolute atomic E-state index is 5.90. The summed E-state index contributed by atoms with van der Waals surface area (Å²) < 4.78 is 0. The molecule has 3 heteroatoms. The van der Waals surface area contributed by atoms with Gasteiger partial charge < -0.3 is 5.73 Å². The van der Waals surface area contributed by atoms with Crippen LogP contribution in [0.15, 0.2) is 18.2 Å². The van der Waals surface area contributed by atoms with E-state index in [1.807, 2.05) is 0 Å². The zero-order valence-corrected chi connectivity index (χ0v) is 10.9. The third kappa shape index (κ3) is 3.48. The number of halogens is 1. The van der Waals surface area contributed by atoms with E-state index in [9.17, 15) is 0 Å². The van der Waals surface area contributed by atoms with Gasteiger partial charge in [0.1, 0.15) is 0 Å². The van der Waals surface area contributed by atoms with Gasteiger partial charge in [-0.1, -0.05) is 29.3 Å². The van der Waals surface area contributed by atoms with Crippen LogP contribution < -0.4 is 5.73 Å². The van der Waals surface area contributed by atoms with E-state index in [0.29, 0.717) is 6.04 Å². The van der Waals surface area contributed by atoms with E-state index >= 15 is 0 Å². The molecule has 1 heterocycles. The molecule has 0 unspecified atom stereocenters. The Bertz CT molecular complexity index is 332. The minimum absolute atomic E-state index is 0. The Morgan fingerprint density at radius 1 is 1.25 bits per heavy atom. The van der Waals surface area contributed by atoms with Crippen LogP contribution in [-0.2, 0) is 6.54 Å². The summed E-state index contributed by atoms with van der Waals surface area (Å²) in [4.78, 5) is 2.44. The first-order valence-electron chi connectivity index (χ1n) is 5.68. The lowest BCUT2D eigenvalue weighted by atomic mass is 10.1. The Hall–Kier alpha value is -0.570. The molecule has 1 saturated heterocycles. The van der Waals surface area contributed by atoms with Crippen molar-refractivity contribution in [2.45, 2.75) is 32.9 Å². The van der Waals surface area contributed by atoms with Crippen LogP contribution in [0.4, 0.5) is 0 Å². The van der Waals surface area contributed by atoms with Crippen LogP contribution in [-0.4, -0.2) is 24.0 Å². The number of likely N-dealkylation sites (tertiary alicyclic amines) is 1. The summed E-state index contributed by atoms with van der Waals surface area (Å²) in [5, 5.41) is 0. The van der Waals surface area contributed by atoms with Crippen LogP contribution in [0.2, 0.25) is 0 Å². The van der Waals surface area contributed by atoms with Crippen molar-refractivity contribution in [3.63, 3.8) is 0 Å². The molecular weight excluding hydrogens is 220 g/mol. The first-order valence-corrected chi connectivity index (χ1v) is 5.68. The molecule has 0 aliphatic carbocycles. The average molecular weight is 241 g/mol. The number of aryl methyl sites for hydroxylation is 2. The number of hydrogen-bond acceptors (Lipinski definition) is 2. The lowest BCUT2D eigenvalue weighted by Crippen LogP contribution is -2.26. The van der Waals surface area contributed by atoms with Crippen molar-refractivity contribution < 1.29 is 0 Å². The lowest BCUT2D eigenvalue weighted by molar-refractivity contribution is 0.327. The summed E-state index contributed by atoms with van der Waals surface area (Å²) in [6.07, 6.45) is 1.14. The van der Waals surface area contributed by atoms with Gasteiger partial charge in [0.15, 0.2) is 0 Å². The third-order valence-corrected chi connectivity index (χ3v) is 3.00. The molecule has 0 amide bonds. The fourth-order valence-corrected chi connectivity index (χ4v) is 2.42. The Kier molecular flexibility index (Phi) is 4.78. The Balaban J connectivity index is 0.00000128. The van der Waals surface area contributed by atoms with Gasteiger partial charge in [-0.15, -0.1) is 12.4 Å². The zero-order chi connectivity index (χ0) is 10.8. The molecule has 1 fully saturated rings. The Morgan fingerprint density at radius 2 is 1.88 bits per heavy atom. The largest absolute Gasteiger partial charge is 0.326 e. The number of hydrogen-bond donors (Lipinski definition) is 1. The highest BCUT2D eigenvalue weighted by Gasteiger charge is 2.18. The van der Waals surface area contributed by atoms with Crippen LogP contribution in [0.25, 0.3) is 0 Å². The fraction of sp³-hybridized carbons (Fsp3) is 0.538. The zero-order valence-electron chi connectivity index (χ0n) is 10.1. The second-order valence-electron chi connectivity index (χ2n) is 4.78. The van der Waals surface area contributed by atoms with E-state index in [1.54, 1.807) is 0 Å². The van der Waals surface area contributed by atoms with E-state index in [2.05, 4.69) is 36.9 Å². The minimum Gasteiger partial charge on any atom is -0.326 e. The van der Waals surface area contributed by atoms with Crippen LogP contribution in [0.5, 0.6) is 0 Å². The maximum Gasteiger partial charge on any atom is 0.0234 e. The van der Waals surface area contributed by atoms with Crippen LogP contribution in [0, 0.1) is 13.8 Å². The quantitative estimate of drug-likeness (QED) is 0.859. The van der Waals surface area contributed by atoms with Gasteiger partial charge in [0.25, 0.3) is 0 Å². The second-order valence-corrected chi connectivity index (χ2v) is 4.78. The van der Waals surface area contributed by atoms with Crippen LogP contribution >= 0.6 is 12.4 Å². The monoisotopic (exact) mass is 240 g/mol. The molecule has 0 aromatic heterocycles. The third-order valence-electron chi connectivity index (χ3n) is 3.00. The Labute approximate surface area is 104 Å². The predicted octanol–water partition coefficient (Wildman–Crippen LogP) is 2.26. The highest BCUT2D eigenvalue weighted by atomic mass is 35.5. The van der Waals surface area contributed by atoms with Crippen molar-refractivity contribution >= 4 is 12.4 Å². The number of rotatable bonds is 2. The van der Waals surface area contributed by atoms with E-state index in [4.69, 9.17) is 5.73 Å². The SMILES string of the molecule is Cc1cc(C)cc(CN2CC[C@H](N)C2)c1.Cl. The van der Waals surface area contributed by atoms with E-state index in [1.165, 1.54) is 16.7 Å². The van der Waals surface area contributed by atoms with Gasteiger partial charge in [0, 0.05) is 25.7 Å². The molecule has 1 aromatic carbocycles. The molecule has 90 valence electrons. The molecule has 1 aliphatic rings. The molecule has 0 saturated carbocycles. The highest BCUT2D eigenvalue weighted by Crippen LogP contribution is 2.15. The first-order chi connectivity index (χ1) is 7.13. The molecule has 1 aliphatic heterocycles. The van der Waals surface area contributed by atoms with Crippen LogP contribution in [0.3, 0.4) is 0 Å². The minimum atomic E-state index is 0. The molecule has 2 N–H and O–H groups in total. The summed E-state index contributed by atoms with van der Waals surface area (Å²) in [6.45, 7) is 7.57. The van der Waals surface area contributed by atoms with Gasteiger partial charge in [0.05, 0.1) is 0 Å². The topological polar surface area (TPSA) is 29.3 Å². The predicted molar refractivity (Wildman–Crippen MR) is 71.0 cm³/mol. The summed E-state index contributed by atoms with van der Waals surface area (Å²) >= 11 is 0. The van der Waals surface area contributed by atoms with Gasteiger partial charge in [-0.2, -0.15) is 0 Å². The van der Waals surface area contributed by atoms with Gasteiger partial charge in [-0.05, 0) is 25.8 Å².